The third kappa shape index (κ3) is 3.53. The second-order valence-corrected chi connectivity index (χ2v) is 7.26. The van der Waals surface area contributed by atoms with Gasteiger partial charge >= 0.3 is 0 Å². The molecule has 2 saturated heterocycles. The third-order valence-corrected chi connectivity index (χ3v) is 5.44. The van der Waals surface area contributed by atoms with Crippen molar-refractivity contribution in [2.75, 3.05) is 19.6 Å². The molecular weight excluding hydrogens is 248 g/mol. The number of piperidine rings is 2. The van der Waals surface area contributed by atoms with E-state index in [4.69, 9.17) is 5.73 Å². The lowest BCUT2D eigenvalue weighted by Gasteiger charge is -2.49. The summed E-state index contributed by atoms with van der Waals surface area (Å²) in [6, 6.07) is 1.91. The Labute approximate surface area is 125 Å². The van der Waals surface area contributed by atoms with Gasteiger partial charge in [0.05, 0.1) is 0 Å². The van der Waals surface area contributed by atoms with Gasteiger partial charge in [-0.15, -0.1) is 0 Å². The lowest BCUT2D eigenvalue weighted by Crippen LogP contribution is -2.66. The molecule has 0 bridgehead atoms. The quantitative estimate of drug-likeness (QED) is 0.827. The number of nitrogens with zero attached hydrogens (tertiary/aromatic N) is 2. The second-order valence-electron chi connectivity index (χ2n) is 7.26. The minimum atomic E-state index is 0.116. The maximum Gasteiger partial charge on any atom is 0.0472 e. The van der Waals surface area contributed by atoms with Crippen LogP contribution in [0.5, 0.6) is 0 Å². The first-order valence-electron chi connectivity index (χ1n) is 8.48. The van der Waals surface area contributed by atoms with Gasteiger partial charge in [0.2, 0.25) is 0 Å². The Bertz CT molecular complexity index is 287. The van der Waals surface area contributed by atoms with Gasteiger partial charge in [0.25, 0.3) is 0 Å². The summed E-state index contributed by atoms with van der Waals surface area (Å²) in [5.74, 6) is 0. The van der Waals surface area contributed by atoms with Crippen LogP contribution in [0.25, 0.3) is 0 Å². The van der Waals surface area contributed by atoms with Crippen molar-refractivity contribution in [3.8, 4) is 0 Å². The van der Waals surface area contributed by atoms with Crippen LogP contribution < -0.4 is 11.2 Å². The molecule has 0 spiro atoms. The molecule has 2 unspecified atom stereocenters. The van der Waals surface area contributed by atoms with E-state index in [1.807, 2.05) is 0 Å². The van der Waals surface area contributed by atoms with Gasteiger partial charge in [0.15, 0.2) is 0 Å². The minimum Gasteiger partial charge on any atom is -0.329 e. The van der Waals surface area contributed by atoms with Crippen molar-refractivity contribution < 1.29 is 0 Å². The van der Waals surface area contributed by atoms with E-state index in [0.717, 1.165) is 19.4 Å². The van der Waals surface area contributed by atoms with E-state index in [1.54, 1.807) is 0 Å². The van der Waals surface area contributed by atoms with E-state index in [1.165, 1.54) is 32.4 Å². The Morgan fingerprint density at radius 3 is 2.15 bits per heavy atom. The maximum absolute atomic E-state index is 6.16. The summed E-state index contributed by atoms with van der Waals surface area (Å²) in [6.07, 6.45) is 6.29. The number of hydrazine groups is 1. The smallest absolute Gasteiger partial charge is 0.0472 e. The monoisotopic (exact) mass is 282 g/mol. The molecule has 0 aromatic rings. The molecule has 0 radical (unpaired) electrons. The summed E-state index contributed by atoms with van der Waals surface area (Å²) in [4.78, 5) is 2.57. The van der Waals surface area contributed by atoms with E-state index in [9.17, 15) is 0 Å². The number of rotatable bonds is 4. The molecule has 2 fully saturated rings. The van der Waals surface area contributed by atoms with Crippen molar-refractivity contribution in [2.24, 2.45) is 5.73 Å². The van der Waals surface area contributed by atoms with Crippen LogP contribution in [0.15, 0.2) is 0 Å². The molecule has 0 aromatic carbocycles. The summed E-state index contributed by atoms with van der Waals surface area (Å²) in [6.45, 7) is 12.3. The van der Waals surface area contributed by atoms with Crippen molar-refractivity contribution in [3.63, 3.8) is 0 Å². The molecule has 2 aliphatic heterocycles. The Kier molecular flexibility index (Phi) is 5.46. The molecule has 2 heterocycles. The van der Waals surface area contributed by atoms with Crippen LogP contribution in [0.4, 0.5) is 0 Å². The topological polar surface area (TPSA) is 44.5 Å². The van der Waals surface area contributed by atoms with Crippen LogP contribution in [0.2, 0.25) is 0 Å². The Morgan fingerprint density at radius 1 is 1.15 bits per heavy atom. The summed E-state index contributed by atoms with van der Waals surface area (Å²) >= 11 is 0. The van der Waals surface area contributed by atoms with Crippen molar-refractivity contribution in [1.82, 2.24) is 15.3 Å². The van der Waals surface area contributed by atoms with E-state index < -0.39 is 0 Å². The van der Waals surface area contributed by atoms with Crippen molar-refractivity contribution in [1.29, 1.82) is 0 Å². The average molecular weight is 282 g/mol. The van der Waals surface area contributed by atoms with Crippen molar-refractivity contribution in [2.45, 2.75) is 83.5 Å². The highest BCUT2D eigenvalue weighted by Gasteiger charge is 2.38. The van der Waals surface area contributed by atoms with Crippen LogP contribution in [0.1, 0.15) is 59.8 Å². The predicted molar refractivity (Wildman–Crippen MR) is 85.5 cm³/mol. The zero-order valence-corrected chi connectivity index (χ0v) is 13.9. The summed E-state index contributed by atoms with van der Waals surface area (Å²) in [5.41, 5.74) is 10.1. The van der Waals surface area contributed by atoms with E-state index in [0.29, 0.717) is 18.1 Å². The molecule has 0 aromatic heterocycles. The van der Waals surface area contributed by atoms with Gasteiger partial charge in [-0.3, -0.25) is 0 Å². The Balaban J connectivity index is 1.98. The van der Waals surface area contributed by atoms with Crippen LogP contribution in [0, 0.1) is 0 Å². The van der Waals surface area contributed by atoms with Crippen molar-refractivity contribution in [3.05, 3.63) is 0 Å². The van der Waals surface area contributed by atoms with Gasteiger partial charge in [-0.25, -0.2) is 10.4 Å². The molecule has 2 atom stereocenters. The maximum atomic E-state index is 6.16. The van der Waals surface area contributed by atoms with Gasteiger partial charge in [0, 0.05) is 43.3 Å². The molecule has 3 N–H and O–H groups in total. The van der Waals surface area contributed by atoms with Gasteiger partial charge in [0.1, 0.15) is 0 Å². The number of nitrogens with one attached hydrogen (secondary N) is 1. The standard InChI is InChI=1S/C16H34N4/c1-13(2)19-10-8-16(12-17,9-11-19)18-20-14(3)6-5-7-15(20)4/h13-15,18H,5-12,17H2,1-4H3. The average Bonchev–Trinajstić information content (AvgIpc) is 2.43. The highest BCUT2D eigenvalue weighted by Crippen LogP contribution is 2.27. The minimum absolute atomic E-state index is 0.116. The van der Waals surface area contributed by atoms with Crippen LogP contribution in [-0.2, 0) is 0 Å². The fraction of sp³-hybridized carbons (Fsp3) is 1.00. The highest BCUT2D eigenvalue weighted by molar-refractivity contribution is 4.95. The Morgan fingerprint density at radius 2 is 1.70 bits per heavy atom. The number of likely N-dealkylation sites (tertiary alicyclic amines) is 1. The van der Waals surface area contributed by atoms with Crippen LogP contribution >= 0.6 is 0 Å². The molecule has 118 valence electrons. The summed E-state index contributed by atoms with van der Waals surface area (Å²) < 4.78 is 0. The fourth-order valence-electron chi connectivity index (χ4n) is 3.75. The van der Waals surface area contributed by atoms with E-state index >= 15 is 0 Å². The third-order valence-electron chi connectivity index (χ3n) is 5.44. The summed E-state index contributed by atoms with van der Waals surface area (Å²) in [7, 11) is 0. The SMILES string of the molecule is CC(C)N1CCC(CN)(NN2C(C)CCCC2C)CC1. The second kappa shape index (κ2) is 6.73. The van der Waals surface area contributed by atoms with Crippen LogP contribution in [0.3, 0.4) is 0 Å². The fourth-order valence-corrected chi connectivity index (χ4v) is 3.75. The predicted octanol–water partition coefficient (Wildman–Crippen LogP) is 1.96. The van der Waals surface area contributed by atoms with Gasteiger partial charge in [-0.05, 0) is 53.4 Å². The van der Waals surface area contributed by atoms with Crippen molar-refractivity contribution >= 4 is 0 Å². The molecule has 4 nitrogen and oxygen atoms in total. The zero-order chi connectivity index (χ0) is 14.8. The van der Waals surface area contributed by atoms with Gasteiger partial charge < -0.3 is 10.6 Å². The first-order chi connectivity index (χ1) is 9.47. The number of hydrogen-bond acceptors (Lipinski definition) is 4. The van der Waals surface area contributed by atoms with Gasteiger partial charge in [-0.1, -0.05) is 6.42 Å². The van der Waals surface area contributed by atoms with Gasteiger partial charge in [-0.2, -0.15) is 0 Å². The molecule has 2 aliphatic rings. The molecular formula is C16H34N4. The molecule has 0 amide bonds. The number of nitrogens with two attached hydrogens (primary N) is 1. The highest BCUT2D eigenvalue weighted by atomic mass is 15.6. The largest absolute Gasteiger partial charge is 0.329 e. The first kappa shape index (κ1) is 16.2. The number of hydrogen-bond donors (Lipinski definition) is 2. The first-order valence-corrected chi connectivity index (χ1v) is 8.48. The molecule has 2 rings (SSSR count). The van der Waals surface area contributed by atoms with Crippen LogP contribution in [-0.4, -0.2) is 53.2 Å². The lowest BCUT2D eigenvalue weighted by atomic mass is 9.87. The molecule has 0 saturated carbocycles. The molecule has 20 heavy (non-hydrogen) atoms. The lowest BCUT2D eigenvalue weighted by molar-refractivity contribution is -0.0215. The zero-order valence-electron chi connectivity index (χ0n) is 13.9. The summed E-state index contributed by atoms with van der Waals surface area (Å²) in [5, 5.41) is 2.50. The van der Waals surface area contributed by atoms with E-state index in [-0.39, 0.29) is 5.54 Å². The van der Waals surface area contributed by atoms with E-state index in [2.05, 4.69) is 43.0 Å². The molecule has 0 aliphatic carbocycles. The Hall–Kier alpha value is -0.160. The normalized spacial score (nSPS) is 32.7. The molecule has 4 heteroatoms.